The van der Waals surface area contributed by atoms with Gasteiger partial charge in [0, 0.05) is 12.1 Å². The number of ether oxygens (including phenoxy) is 1. The summed E-state index contributed by atoms with van der Waals surface area (Å²) >= 11 is 0. The van der Waals surface area contributed by atoms with Gasteiger partial charge in [-0.2, -0.15) is 5.10 Å². The van der Waals surface area contributed by atoms with Gasteiger partial charge < -0.3 is 21.0 Å². The van der Waals surface area contributed by atoms with Crippen molar-refractivity contribution in [3.05, 3.63) is 60.2 Å². The van der Waals surface area contributed by atoms with Crippen molar-refractivity contribution < 1.29 is 19.2 Å². The van der Waals surface area contributed by atoms with Gasteiger partial charge in [0.05, 0.1) is 18.0 Å². The monoisotopic (exact) mass is 477 g/mol. The Labute approximate surface area is 204 Å². The van der Waals surface area contributed by atoms with E-state index in [1.54, 1.807) is 21.9 Å². The van der Waals surface area contributed by atoms with Crippen LogP contribution < -0.4 is 16.2 Å². The summed E-state index contributed by atoms with van der Waals surface area (Å²) in [6.45, 7) is 6.46. The number of hydroxylamine groups is 2. The fourth-order valence-electron chi connectivity index (χ4n) is 3.93. The lowest BCUT2D eigenvalue weighted by Gasteiger charge is -2.33. The molecule has 4 N–H and O–H groups in total. The minimum atomic E-state index is -0.653. The number of rotatable bonds is 6. The van der Waals surface area contributed by atoms with Crippen LogP contribution >= 0.6 is 0 Å². The predicted octanol–water partition coefficient (Wildman–Crippen LogP) is 4.16. The van der Waals surface area contributed by atoms with E-state index in [0.717, 1.165) is 18.6 Å². The Morgan fingerprint density at radius 3 is 2.31 bits per heavy atom. The van der Waals surface area contributed by atoms with Crippen molar-refractivity contribution in [3.63, 3.8) is 0 Å². The van der Waals surface area contributed by atoms with Crippen molar-refractivity contribution in [2.24, 2.45) is 11.1 Å². The third kappa shape index (κ3) is 5.46. The summed E-state index contributed by atoms with van der Waals surface area (Å²) < 4.78 is 7.48. The molecule has 1 fully saturated rings. The molecule has 3 aromatic rings. The van der Waals surface area contributed by atoms with Crippen molar-refractivity contribution in [1.82, 2.24) is 14.8 Å². The van der Waals surface area contributed by atoms with E-state index >= 15 is 0 Å². The van der Waals surface area contributed by atoms with Gasteiger partial charge in [-0.15, -0.1) is 5.06 Å². The third-order valence-electron chi connectivity index (χ3n) is 5.83. The Hall–Kier alpha value is -3.85. The minimum absolute atomic E-state index is 0.172. The second-order valence-electron chi connectivity index (χ2n) is 9.67. The lowest BCUT2D eigenvalue weighted by molar-refractivity contribution is -0.207. The standard InChI is InChI=1S/C26H31N5O4/c1-26(2,3)25(33)35-30-15-7-8-18(16-30)31-23(27)21(24(28)32)22(29-31)17-11-13-20(14-12-17)34-19-9-5-4-6-10-19/h4-6,9-14,18H,7-8,15-16,27H2,1-3H3,(H2,28,32)/t18-/m1/s1. The van der Waals surface area contributed by atoms with Crippen molar-refractivity contribution >= 4 is 17.7 Å². The second kappa shape index (κ2) is 9.79. The van der Waals surface area contributed by atoms with Crippen LogP contribution in [0, 0.1) is 5.41 Å². The molecule has 1 aliphatic rings. The average Bonchev–Trinajstić information content (AvgIpc) is 3.17. The van der Waals surface area contributed by atoms with Gasteiger partial charge in [0.25, 0.3) is 5.91 Å². The lowest BCUT2D eigenvalue weighted by atomic mass is 9.98. The molecule has 0 bridgehead atoms. The molecule has 9 heteroatoms. The molecule has 9 nitrogen and oxygen atoms in total. The summed E-state index contributed by atoms with van der Waals surface area (Å²) in [5.74, 6) is 0.617. The van der Waals surface area contributed by atoms with Crippen LogP contribution in [0.5, 0.6) is 11.5 Å². The molecule has 4 rings (SSSR count). The van der Waals surface area contributed by atoms with Crippen LogP contribution in [0.25, 0.3) is 11.3 Å². The molecule has 0 aliphatic carbocycles. The van der Waals surface area contributed by atoms with E-state index in [1.165, 1.54) is 0 Å². The van der Waals surface area contributed by atoms with Crippen LogP contribution in [0.15, 0.2) is 54.6 Å². The van der Waals surface area contributed by atoms with E-state index in [1.807, 2.05) is 63.2 Å². The number of hydrogen-bond acceptors (Lipinski definition) is 7. The number of nitrogens with zero attached hydrogens (tertiary/aromatic N) is 3. The van der Waals surface area contributed by atoms with Crippen molar-refractivity contribution in [2.75, 3.05) is 18.8 Å². The zero-order valence-electron chi connectivity index (χ0n) is 20.2. The largest absolute Gasteiger partial charge is 0.457 e. The third-order valence-corrected chi connectivity index (χ3v) is 5.83. The normalized spacial score (nSPS) is 16.6. The molecule has 184 valence electrons. The summed E-state index contributed by atoms with van der Waals surface area (Å²) in [6, 6.07) is 16.5. The highest BCUT2D eigenvalue weighted by atomic mass is 16.7. The van der Waals surface area contributed by atoms with Crippen LogP contribution in [0.1, 0.15) is 50.0 Å². The quantitative estimate of drug-likeness (QED) is 0.546. The average molecular weight is 478 g/mol. The molecule has 2 heterocycles. The first-order valence-corrected chi connectivity index (χ1v) is 11.6. The number of anilines is 1. The van der Waals surface area contributed by atoms with Gasteiger partial charge in [0.15, 0.2) is 0 Å². The van der Waals surface area contributed by atoms with Crippen LogP contribution in [0.2, 0.25) is 0 Å². The molecular formula is C26H31N5O4. The van der Waals surface area contributed by atoms with E-state index in [2.05, 4.69) is 5.10 Å². The maximum atomic E-state index is 12.3. The van der Waals surface area contributed by atoms with Gasteiger partial charge in [0.1, 0.15) is 28.6 Å². The molecular weight excluding hydrogens is 446 g/mol. The fourth-order valence-corrected chi connectivity index (χ4v) is 3.93. The fraction of sp³-hybridized carbons (Fsp3) is 0.346. The molecule has 0 unspecified atom stereocenters. The van der Waals surface area contributed by atoms with Gasteiger partial charge >= 0.3 is 5.97 Å². The molecule has 35 heavy (non-hydrogen) atoms. The molecule has 1 aliphatic heterocycles. The molecule has 1 atom stereocenters. The van der Waals surface area contributed by atoms with Crippen molar-refractivity contribution in [3.8, 4) is 22.8 Å². The summed E-state index contributed by atoms with van der Waals surface area (Å²) in [4.78, 5) is 30.2. The number of amides is 1. The highest BCUT2D eigenvalue weighted by Gasteiger charge is 2.32. The van der Waals surface area contributed by atoms with Crippen LogP contribution in [0.3, 0.4) is 0 Å². The Morgan fingerprint density at radius 1 is 1.03 bits per heavy atom. The molecule has 0 saturated carbocycles. The molecule has 0 radical (unpaired) electrons. The van der Waals surface area contributed by atoms with E-state index in [-0.39, 0.29) is 23.4 Å². The zero-order valence-corrected chi connectivity index (χ0v) is 20.2. The Kier molecular flexibility index (Phi) is 6.79. The number of para-hydroxylation sites is 1. The highest BCUT2D eigenvalue weighted by Crippen LogP contribution is 2.33. The SMILES string of the molecule is CC(C)(C)C(=O)ON1CCC[C@@H](n2nc(-c3ccc(Oc4ccccc4)cc3)c(C(N)=O)c2N)C1. The summed E-state index contributed by atoms with van der Waals surface area (Å²) in [6.07, 6.45) is 1.56. The first-order chi connectivity index (χ1) is 16.6. The number of aromatic nitrogens is 2. The first kappa shape index (κ1) is 24.3. The molecule has 1 saturated heterocycles. The highest BCUT2D eigenvalue weighted by molar-refractivity contribution is 6.03. The van der Waals surface area contributed by atoms with E-state index in [0.29, 0.717) is 30.1 Å². The Balaban J connectivity index is 1.58. The lowest BCUT2D eigenvalue weighted by Crippen LogP contribution is -2.41. The molecule has 2 aromatic carbocycles. The minimum Gasteiger partial charge on any atom is -0.457 e. The Morgan fingerprint density at radius 2 is 1.69 bits per heavy atom. The Bertz CT molecular complexity index is 1200. The molecule has 1 amide bonds. The van der Waals surface area contributed by atoms with Gasteiger partial charge in [-0.1, -0.05) is 18.2 Å². The van der Waals surface area contributed by atoms with Crippen molar-refractivity contribution in [1.29, 1.82) is 0 Å². The number of hydrogen-bond donors (Lipinski definition) is 2. The summed E-state index contributed by atoms with van der Waals surface area (Å²) in [5.41, 5.74) is 12.7. The van der Waals surface area contributed by atoms with Gasteiger partial charge in [0.2, 0.25) is 0 Å². The first-order valence-electron chi connectivity index (χ1n) is 11.6. The zero-order chi connectivity index (χ0) is 25.2. The predicted molar refractivity (Wildman–Crippen MR) is 133 cm³/mol. The smallest absolute Gasteiger partial charge is 0.330 e. The van der Waals surface area contributed by atoms with Crippen molar-refractivity contribution in [2.45, 2.75) is 39.7 Å². The van der Waals surface area contributed by atoms with E-state index in [9.17, 15) is 9.59 Å². The second-order valence-corrected chi connectivity index (χ2v) is 9.67. The van der Waals surface area contributed by atoms with Gasteiger partial charge in [-0.3, -0.25) is 4.79 Å². The summed E-state index contributed by atoms with van der Waals surface area (Å²) in [7, 11) is 0. The maximum absolute atomic E-state index is 12.3. The number of nitrogen functional groups attached to an aromatic ring is 1. The number of piperidine rings is 1. The van der Waals surface area contributed by atoms with Crippen LogP contribution in [-0.2, 0) is 9.63 Å². The molecule has 1 aromatic heterocycles. The number of benzene rings is 2. The van der Waals surface area contributed by atoms with Crippen LogP contribution in [0.4, 0.5) is 5.82 Å². The number of carbonyl (C=O) groups excluding carboxylic acids is 2. The van der Waals surface area contributed by atoms with Gasteiger partial charge in [-0.05, 0) is 70.0 Å². The number of primary amides is 1. The number of nitrogens with two attached hydrogens (primary N) is 2. The topological polar surface area (TPSA) is 126 Å². The number of carbonyl (C=O) groups is 2. The maximum Gasteiger partial charge on any atom is 0.330 e. The van der Waals surface area contributed by atoms with E-state index in [4.69, 9.17) is 21.0 Å². The van der Waals surface area contributed by atoms with E-state index < -0.39 is 11.3 Å². The molecule has 0 spiro atoms. The summed E-state index contributed by atoms with van der Waals surface area (Å²) in [5, 5.41) is 6.32. The van der Waals surface area contributed by atoms with Gasteiger partial charge in [-0.25, -0.2) is 9.48 Å². The van der Waals surface area contributed by atoms with Crippen LogP contribution in [-0.4, -0.2) is 39.8 Å².